The van der Waals surface area contributed by atoms with Crippen LogP contribution in [0.3, 0.4) is 0 Å². The second-order valence-electron chi connectivity index (χ2n) is 6.24. The molecule has 3 atom stereocenters. The number of aliphatic carboxylic acids is 3. The van der Waals surface area contributed by atoms with Gasteiger partial charge in [-0.2, -0.15) is 75.8 Å². The van der Waals surface area contributed by atoms with Gasteiger partial charge in [-0.15, -0.1) is 0 Å². The van der Waals surface area contributed by atoms with E-state index in [1.807, 2.05) is 0 Å². The quantitative estimate of drug-likeness (QED) is 0.116. The average molecular weight is 672 g/mol. The molecule has 0 bridgehead atoms. The summed E-state index contributed by atoms with van der Waals surface area (Å²) in [6, 6.07) is 0. The van der Waals surface area contributed by atoms with Crippen molar-refractivity contribution in [2.75, 3.05) is 34.5 Å². The maximum Gasteiger partial charge on any atom is 0.0453 e. The summed E-state index contributed by atoms with van der Waals surface area (Å²) in [5.74, 6) is -1.69. The van der Waals surface area contributed by atoms with Gasteiger partial charge in [-0.05, 0) is 53.8 Å². The summed E-state index contributed by atoms with van der Waals surface area (Å²) in [5, 5.41) is 30.4. The van der Waals surface area contributed by atoms with Crippen LogP contribution in [0.15, 0.2) is 0 Å². The maximum atomic E-state index is 10.1. The van der Waals surface area contributed by atoms with E-state index >= 15 is 0 Å². The Balaban J connectivity index is -0.000000167. The minimum atomic E-state index is -1.03. The Labute approximate surface area is 239 Å². The molecule has 0 fully saturated rings. The molecule has 13 heteroatoms. The zero-order valence-electron chi connectivity index (χ0n) is 18.4. The Bertz CT molecular complexity index is 389. The van der Waals surface area contributed by atoms with Crippen LogP contribution < -0.4 is 15.3 Å². The fourth-order valence-corrected chi connectivity index (χ4v) is 4.43. The van der Waals surface area contributed by atoms with Gasteiger partial charge < -0.3 is 29.7 Å². The number of carbonyl (C=O) groups is 3. The van der Waals surface area contributed by atoms with Gasteiger partial charge in [-0.3, -0.25) is 0 Å². The summed E-state index contributed by atoms with van der Waals surface area (Å²) in [5.41, 5.74) is 0. The third-order valence-corrected chi connectivity index (χ3v) is 6.73. The van der Waals surface area contributed by atoms with E-state index in [0.717, 1.165) is 0 Å². The number of carboxylic acids is 3. The molecule has 0 aliphatic carbocycles. The Morgan fingerprint density at radius 3 is 0.938 bits per heavy atom. The zero-order valence-corrected chi connectivity index (χ0v) is 26.6. The van der Waals surface area contributed by atoms with Gasteiger partial charge in [0.15, 0.2) is 0 Å². The van der Waals surface area contributed by atoms with Crippen LogP contribution in [-0.2, 0) is 14.4 Å². The van der Waals surface area contributed by atoms with Crippen molar-refractivity contribution in [1.82, 2.24) is 0 Å². The predicted molar refractivity (Wildman–Crippen MR) is 148 cm³/mol. The van der Waals surface area contributed by atoms with E-state index in [1.54, 1.807) is 22.5 Å². The van der Waals surface area contributed by atoms with Crippen LogP contribution >= 0.6 is 75.8 Å². The molecule has 32 heavy (non-hydrogen) atoms. The van der Waals surface area contributed by atoms with Crippen LogP contribution in [0.4, 0.5) is 0 Å². The first-order chi connectivity index (χ1) is 15.1. The van der Waals surface area contributed by atoms with Gasteiger partial charge in [0.1, 0.15) is 0 Å². The maximum absolute atomic E-state index is 10.1. The van der Waals surface area contributed by atoms with Crippen molar-refractivity contribution in [1.29, 1.82) is 0 Å². The van der Waals surface area contributed by atoms with E-state index in [9.17, 15) is 29.7 Å². The van der Waals surface area contributed by atoms with Crippen LogP contribution in [0.25, 0.3) is 0 Å². The van der Waals surface area contributed by atoms with Gasteiger partial charge in [-0.25, -0.2) is 0 Å². The van der Waals surface area contributed by atoms with Crippen molar-refractivity contribution in [2.24, 2.45) is 17.8 Å². The minimum Gasteiger partial charge on any atom is -0.550 e. The Morgan fingerprint density at radius 1 is 0.656 bits per heavy atom. The molecule has 0 spiro atoms. The number of thiol groups is 6. The molecule has 3 unspecified atom stereocenters. The summed E-state index contributed by atoms with van der Waals surface area (Å²) in [6.07, 6.45) is 4.41. The summed E-state index contributed by atoms with van der Waals surface area (Å²) in [6.45, 7) is 2.23. The number of unbranched alkanes of at least 4 members (excludes halogenated alkanes) is 1. The number of carbonyl (C=O) groups excluding carboxylic acids is 3. The van der Waals surface area contributed by atoms with Crippen LogP contribution in [0.1, 0.15) is 39.0 Å². The van der Waals surface area contributed by atoms with Gasteiger partial charge in [0, 0.05) is 35.7 Å². The molecule has 0 aromatic rings. The third-order valence-electron chi connectivity index (χ3n) is 3.62. The van der Waals surface area contributed by atoms with Crippen LogP contribution in [0.2, 0.25) is 4.44 Å². The summed E-state index contributed by atoms with van der Waals surface area (Å²) in [4.78, 5) is 30.4. The zero-order chi connectivity index (χ0) is 25.9. The fourth-order valence-electron chi connectivity index (χ4n) is 1.50. The molecule has 0 heterocycles. The second kappa shape index (κ2) is 32.3. The smallest absolute Gasteiger partial charge is 0.0453 e. The number of rotatable bonds is 14. The number of hydrogen-bond acceptors (Lipinski definition) is 12. The molecule has 0 aliphatic rings. The van der Waals surface area contributed by atoms with Crippen LogP contribution in [0, 0.1) is 17.8 Å². The average Bonchev–Trinajstić information content (AvgIpc) is 2.75. The fraction of sp³-hybridized carbons (Fsp3) is 0.842. The van der Waals surface area contributed by atoms with Crippen molar-refractivity contribution >= 4 is 116 Å². The summed E-state index contributed by atoms with van der Waals surface area (Å²) < 4.78 is 1.43. The van der Waals surface area contributed by atoms with E-state index < -0.39 is 35.7 Å². The van der Waals surface area contributed by atoms with Crippen molar-refractivity contribution in [3.05, 3.63) is 0 Å². The first-order valence-electron chi connectivity index (χ1n) is 10.00. The molecule has 0 amide bonds. The monoisotopic (exact) mass is 672 g/mol. The molecular weight excluding hydrogens is 635 g/mol. The van der Waals surface area contributed by atoms with Gasteiger partial charge in [-0.1, -0.05) is 0 Å². The molecule has 0 aliphatic heterocycles. The molecular formula is C19H36O6S6Sn. The third kappa shape index (κ3) is 31.3. The molecule has 6 nitrogen and oxygen atoms in total. The molecule has 188 valence electrons. The molecule has 0 radical (unpaired) electrons. The summed E-state index contributed by atoms with van der Waals surface area (Å²) >= 11 is 24.8. The minimum absolute atomic E-state index is 0.336. The van der Waals surface area contributed by atoms with Gasteiger partial charge >= 0.3 is 46.7 Å². The second-order valence-corrected chi connectivity index (χ2v) is 10.1. The van der Waals surface area contributed by atoms with Gasteiger partial charge in [0.2, 0.25) is 0 Å². The molecule has 0 rings (SSSR count). The van der Waals surface area contributed by atoms with Crippen molar-refractivity contribution in [2.45, 2.75) is 43.5 Å². The molecule has 0 N–H and O–H groups in total. The predicted octanol–water partition coefficient (Wildman–Crippen LogP) is 0.180. The Morgan fingerprint density at radius 2 is 0.906 bits per heavy atom. The van der Waals surface area contributed by atoms with Gasteiger partial charge in [0.25, 0.3) is 0 Å². The largest absolute Gasteiger partial charge is 0.550 e. The normalized spacial score (nSPS) is 12.4. The number of carboxylic acid groups (broad SMARTS) is 3. The van der Waals surface area contributed by atoms with E-state index in [-0.39, 0.29) is 0 Å². The van der Waals surface area contributed by atoms with Crippen molar-refractivity contribution < 1.29 is 29.7 Å². The van der Waals surface area contributed by atoms with Gasteiger partial charge in [0.05, 0.1) is 0 Å². The van der Waals surface area contributed by atoms with Crippen molar-refractivity contribution in [3.63, 3.8) is 0 Å². The topological polar surface area (TPSA) is 120 Å². The first-order valence-corrected chi connectivity index (χ1v) is 15.8. The van der Waals surface area contributed by atoms with E-state index in [4.69, 9.17) is 0 Å². The number of hydrogen-bond donors (Lipinski definition) is 6. The van der Waals surface area contributed by atoms with E-state index in [0.29, 0.717) is 53.8 Å². The van der Waals surface area contributed by atoms with E-state index in [2.05, 4.69) is 82.7 Å². The SMILES string of the molecule is CCC[CH2][Sn+3].O=C([O-])C(CS)CCS.O=C([O-])C(CS)CCS.O=C([O-])C(CS)CCS. The van der Waals surface area contributed by atoms with Crippen LogP contribution in [-0.4, -0.2) is 74.9 Å². The first kappa shape index (κ1) is 40.5. The van der Waals surface area contributed by atoms with Crippen LogP contribution in [0.5, 0.6) is 0 Å². The molecule has 0 aromatic carbocycles. The van der Waals surface area contributed by atoms with Crippen molar-refractivity contribution in [3.8, 4) is 0 Å². The molecule has 0 saturated heterocycles. The van der Waals surface area contributed by atoms with E-state index in [1.165, 1.54) is 17.3 Å². The molecule has 0 aromatic heterocycles. The Hall–Kier alpha value is 1.31. The standard InChI is InChI=1S/3C5H10O2S2.C4H9.Sn/c3*6-5(7)4(3-9)1-2-8;1-3-4-2;/h3*4,8-9H,1-3H2,(H,6,7);1,3-4H2,2H3;/q;;;;+3/p-3. The summed E-state index contributed by atoms with van der Waals surface area (Å²) in [7, 11) is 0. The molecule has 0 saturated carbocycles. The Kier molecular flexibility index (Phi) is 40.9.